The largest absolute Gasteiger partial charge is 0.370 e. The first kappa shape index (κ1) is 17.3. The minimum Gasteiger partial charge on any atom is -0.370 e. The molecule has 108 valence electrons. The van der Waals surface area contributed by atoms with E-state index in [2.05, 4.69) is 26.1 Å². The van der Waals surface area contributed by atoms with E-state index in [-0.39, 0.29) is 11.5 Å². The van der Waals surface area contributed by atoms with Gasteiger partial charge in [0.2, 0.25) is 0 Å². The number of nitrogens with two attached hydrogens (primary N) is 1. The molecule has 1 unspecified atom stereocenters. The summed E-state index contributed by atoms with van der Waals surface area (Å²) in [4.78, 5) is 0. The van der Waals surface area contributed by atoms with E-state index in [1.807, 2.05) is 0 Å². The highest BCUT2D eigenvalue weighted by Gasteiger charge is 2.23. The Morgan fingerprint density at radius 3 is 1.89 bits per heavy atom. The molecule has 0 rings (SSSR count). The van der Waals surface area contributed by atoms with Gasteiger partial charge in [0.05, 0.1) is 0 Å². The Hall–Kier alpha value is -0.730. The molecule has 0 aromatic carbocycles. The van der Waals surface area contributed by atoms with Gasteiger partial charge in [-0.15, -0.1) is 0 Å². The van der Waals surface area contributed by atoms with Gasteiger partial charge in [-0.05, 0) is 19.8 Å². The Kier molecular flexibility index (Phi) is 9.80. The van der Waals surface area contributed by atoms with Crippen molar-refractivity contribution in [1.29, 1.82) is 5.41 Å². The second-order valence-corrected chi connectivity index (χ2v) is 5.72. The van der Waals surface area contributed by atoms with Gasteiger partial charge in [-0.2, -0.15) is 0 Å². The number of guanidine groups is 1. The highest BCUT2D eigenvalue weighted by molar-refractivity contribution is 5.75. The maximum Gasteiger partial charge on any atom is 0.186 e. The summed E-state index contributed by atoms with van der Waals surface area (Å²) in [6, 6.07) is 0. The first-order chi connectivity index (χ1) is 8.54. The molecule has 0 spiro atoms. The zero-order valence-electron chi connectivity index (χ0n) is 12.6. The van der Waals surface area contributed by atoms with E-state index in [9.17, 15) is 0 Å². The number of rotatable bonds is 11. The van der Waals surface area contributed by atoms with Crippen molar-refractivity contribution in [3.63, 3.8) is 0 Å². The topological polar surface area (TPSA) is 61.9 Å². The molecule has 18 heavy (non-hydrogen) atoms. The predicted octanol–water partition coefficient (Wildman–Crippen LogP) is 4.17. The molecule has 0 aromatic heterocycles. The van der Waals surface area contributed by atoms with Crippen molar-refractivity contribution in [3.05, 3.63) is 0 Å². The van der Waals surface area contributed by atoms with Gasteiger partial charge in [-0.25, -0.2) is 0 Å². The molecule has 0 aliphatic rings. The fourth-order valence-electron chi connectivity index (χ4n) is 2.46. The lowest BCUT2D eigenvalue weighted by atomic mass is 9.88. The number of hydrogen-bond donors (Lipinski definition) is 3. The standard InChI is InChI=1S/C15H33N3/c1-4-6-8-9-11-13-15(3,18-14(16)17)12-10-7-5-2/h4-13H2,1-3H3,(H4,16,17,18). The molecule has 0 saturated carbocycles. The van der Waals surface area contributed by atoms with E-state index in [1.54, 1.807) is 0 Å². The van der Waals surface area contributed by atoms with Crippen LogP contribution in [0.1, 0.15) is 85.0 Å². The third-order valence-corrected chi connectivity index (χ3v) is 3.60. The number of hydrogen-bond acceptors (Lipinski definition) is 1. The maximum absolute atomic E-state index is 7.44. The normalized spacial score (nSPS) is 14.2. The van der Waals surface area contributed by atoms with Gasteiger partial charge in [-0.3, -0.25) is 5.41 Å². The third kappa shape index (κ3) is 9.32. The van der Waals surface area contributed by atoms with Crippen molar-refractivity contribution in [1.82, 2.24) is 5.32 Å². The maximum atomic E-state index is 7.44. The lowest BCUT2D eigenvalue weighted by Gasteiger charge is -2.31. The van der Waals surface area contributed by atoms with E-state index in [4.69, 9.17) is 11.1 Å². The molecule has 0 amide bonds. The molecule has 0 aliphatic carbocycles. The molecular weight excluding hydrogens is 222 g/mol. The van der Waals surface area contributed by atoms with Crippen molar-refractivity contribution in [2.24, 2.45) is 5.73 Å². The Morgan fingerprint density at radius 2 is 1.39 bits per heavy atom. The van der Waals surface area contributed by atoms with Crippen LogP contribution in [0.25, 0.3) is 0 Å². The lowest BCUT2D eigenvalue weighted by molar-refractivity contribution is 0.329. The zero-order chi connectivity index (χ0) is 13.9. The van der Waals surface area contributed by atoms with Crippen LogP contribution in [0.2, 0.25) is 0 Å². The molecule has 1 atom stereocenters. The number of nitrogens with one attached hydrogen (secondary N) is 2. The third-order valence-electron chi connectivity index (χ3n) is 3.60. The molecule has 0 fully saturated rings. The summed E-state index contributed by atoms with van der Waals surface area (Å²) in [5, 5.41) is 10.6. The Morgan fingerprint density at radius 1 is 0.944 bits per heavy atom. The first-order valence-electron chi connectivity index (χ1n) is 7.66. The van der Waals surface area contributed by atoms with Crippen LogP contribution in [0.15, 0.2) is 0 Å². The Labute approximate surface area is 113 Å². The molecule has 3 heteroatoms. The molecule has 3 nitrogen and oxygen atoms in total. The summed E-state index contributed by atoms with van der Waals surface area (Å²) in [6.07, 6.45) is 12.5. The van der Waals surface area contributed by atoms with Crippen LogP contribution < -0.4 is 11.1 Å². The van der Waals surface area contributed by atoms with E-state index in [0.717, 1.165) is 12.8 Å². The lowest BCUT2D eigenvalue weighted by Crippen LogP contribution is -2.48. The molecule has 0 saturated heterocycles. The molecule has 0 aliphatic heterocycles. The van der Waals surface area contributed by atoms with Crippen molar-refractivity contribution < 1.29 is 0 Å². The van der Waals surface area contributed by atoms with Crippen LogP contribution in [-0.4, -0.2) is 11.5 Å². The first-order valence-corrected chi connectivity index (χ1v) is 7.66. The van der Waals surface area contributed by atoms with Crippen LogP contribution in [0.5, 0.6) is 0 Å². The molecule has 0 heterocycles. The highest BCUT2D eigenvalue weighted by Crippen LogP contribution is 2.22. The molecule has 0 radical (unpaired) electrons. The summed E-state index contributed by atoms with van der Waals surface area (Å²) in [5.74, 6) is 0.113. The summed E-state index contributed by atoms with van der Waals surface area (Å²) < 4.78 is 0. The van der Waals surface area contributed by atoms with Gasteiger partial charge in [0.15, 0.2) is 5.96 Å². The van der Waals surface area contributed by atoms with Gasteiger partial charge in [0.1, 0.15) is 0 Å². The minimum absolute atomic E-state index is 0.0210. The molecular formula is C15H33N3. The predicted molar refractivity (Wildman–Crippen MR) is 81.0 cm³/mol. The van der Waals surface area contributed by atoms with Crippen LogP contribution in [-0.2, 0) is 0 Å². The van der Waals surface area contributed by atoms with Gasteiger partial charge in [0.25, 0.3) is 0 Å². The Balaban J connectivity index is 3.99. The van der Waals surface area contributed by atoms with Crippen molar-refractivity contribution in [2.45, 2.75) is 90.5 Å². The van der Waals surface area contributed by atoms with E-state index >= 15 is 0 Å². The van der Waals surface area contributed by atoms with Gasteiger partial charge >= 0.3 is 0 Å². The van der Waals surface area contributed by atoms with Crippen LogP contribution >= 0.6 is 0 Å². The quantitative estimate of drug-likeness (QED) is 0.295. The second kappa shape index (κ2) is 10.2. The van der Waals surface area contributed by atoms with E-state index in [0.29, 0.717) is 0 Å². The van der Waals surface area contributed by atoms with Crippen LogP contribution in [0.3, 0.4) is 0 Å². The van der Waals surface area contributed by atoms with Crippen LogP contribution in [0, 0.1) is 5.41 Å². The van der Waals surface area contributed by atoms with E-state index < -0.39 is 0 Å². The Bertz CT molecular complexity index is 216. The fourth-order valence-corrected chi connectivity index (χ4v) is 2.46. The highest BCUT2D eigenvalue weighted by atomic mass is 15.1. The average molecular weight is 255 g/mol. The monoisotopic (exact) mass is 255 g/mol. The fraction of sp³-hybridized carbons (Fsp3) is 0.933. The van der Waals surface area contributed by atoms with Crippen molar-refractivity contribution >= 4 is 5.96 Å². The minimum atomic E-state index is 0.0210. The molecule has 4 N–H and O–H groups in total. The summed E-state index contributed by atoms with van der Waals surface area (Å²) >= 11 is 0. The van der Waals surface area contributed by atoms with Gasteiger partial charge < -0.3 is 11.1 Å². The summed E-state index contributed by atoms with van der Waals surface area (Å²) in [7, 11) is 0. The van der Waals surface area contributed by atoms with Crippen molar-refractivity contribution in [3.8, 4) is 0 Å². The zero-order valence-corrected chi connectivity index (χ0v) is 12.6. The SMILES string of the molecule is CCCCCCCC(C)(CCCCC)NC(=N)N. The molecule has 0 bridgehead atoms. The van der Waals surface area contributed by atoms with Crippen LogP contribution in [0.4, 0.5) is 0 Å². The smallest absolute Gasteiger partial charge is 0.186 e. The van der Waals surface area contributed by atoms with E-state index in [1.165, 1.54) is 51.4 Å². The van der Waals surface area contributed by atoms with Gasteiger partial charge in [0, 0.05) is 5.54 Å². The summed E-state index contributed by atoms with van der Waals surface area (Å²) in [5.41, 5.74) is 5.53. The number of unbranched alkanes of at least 4 members (excludes halogenated alkanes) is 6. The molecule has 0 aromatic rings. The van der Waals surface area contributed by atoms with Gasteiger partial charge in [-0.1, -0.05) is 65.2 Å². The second-order valence-electron chi connectivity index (χ2n) is 5.72. The van der Waals surface area contributed by atoms with Crippen molar-refractivity contribution in [2.75, 3.05) is 0 Å². The average Bonchev–Trinajstić information content (AvgIpc) is 2.28. The summed E-state index contributed by atoms with van der Waals surface area (Å²) in [6.45, 7) is 6.68.